The van der Waals surface area contributed by atoms with E-state index in [9.17, 15) is 26.0 Å². The summed E-state index contributed by atoms with van der Waals surface area (Å²) in [7, 11) is -4.79. The Kier molecular flexibility index (Phi) is 4.12. The number of nitriles is 1. The van der Waals surface area contributed by atoms with Crippen molar-refractivity contribution in [1.82, 2.24) is 0 Å². The van der Waals surface area contributed by atoms with E-state index < -0.39 is 55.0 Å². The molecular formula is C16H7F4NO4S. The number of fused-ring (bicyclic) bond motifs is 1. The summed E-state index contributed by atoms with van der Waals surface area (Å²) >= 11 is 0. The zero-order chi connectivity index (χ0) is 19.2. The summed E-state index contributed by atoms with van der Waals surface area (Å²) in [6, 6.07) is 6.66. The van der Waals surface area contributed by atoms with Gasteiger partial charge in [-0.2, -0.15) is 18.1 Å². The van der Waals surface area contributed by atoms with E-state index in [2.05, 4.69) is 0 Å². The highest BCUT2D eigenvalue weighted by atomic mass is 32.2. The summed E-state index contributed by atoms with van der Waals surface area (Å²) in [5.74, 6) is -8.83. The molecule has 0 saturated heterocycles. The normalized spacial score (nSPS) is 11.5. The van der Waals surface area contributed by atoms with Crippen LogP contribution in [-0.4, -0.2) is 8.42 Å². The van der Waals surface area contributed by atoms with Crippen molar-refractivity contribution in [2.75, 3.05) is 0 Å². The van der Waals surface area contributed by atoms with Crippen molar-refractivity contribution in [3.8, 4) is 11.8 Å². The van der Waals surface area contributed by atoms with Crippen LogP contribution in [0.5, 0.6) is 5.75 Å². The molecule has 26 heavy (non-hydrogen) atoms. The molecule has 0 aliphatic carbocycles. The molecule has 0 N–H and O–H groups in total. The Bertz CT molecular complexity index is 1180. The highest BCUT2D eigenvalue weighted by molar-refractivity contribution is 7.87. The maximum Gasteiger partial charge on any atom is 0.343 e. The first-order valence-corrected chi connectivity index (χ1v) is 8.28. The number of aryl methyl sites for hydroxylation is 1. The summed E-state index contributed by atoms with van der Waals surface area (Å²) < 4.78 is 89.2. The predicted molar refractivity (Wildman–Crippen MR) is 79.8 cm³/mol. The van der Waals surface area contributed by atoms with Crippen LogP contribution in [0.3, 0.4) is 0 Å². The zero-order valence-corrected chi connectivity index (χ0v) is 13.6. The molecule has 10 heteroatoms. The lowest BCUT2D eigenvalue weighted by atomic mass is 10.2. The Morgan fingerprint density at radius 1 is 1.00 bits per heavy atom. The van der Waals surface area contributed by atoms with Gasteiger partial charge in [-0.15, -0.1) is 0 Å². The van der Waals surface area contributed by atoms with Crippen LogP contribution in [0.4, 0.5) is 17.6 Å². The summed E-state index contributed by atoms with van der Waals surface area (Å²) in [6.45, 7) is 1.05. The van der Waals surface area contributed by atoms with Gasteiger partial charge in [0.2, 0.25) is 11.6 Å². The second-order valence-electron chi connectivity index (χ2n) is 5.12. The van der Waals surface area contributed by atoms with Crippen LogP contribution in [0.25, 0.3) is 11.0 Å². The van der Waals surface area contributed by atoms with Gasteiger partial charge < -0.3 is 8.60 Å². The molecule has 0 unspecified atom stereocenters. The number of rotatable bonds is 3. The molecule has 0 spiro atoms. The molecule has 0 bridgehead atoms. The quantitative estimate of drug-likeness (QED) is 0.295. The van der Waals surface area contributed by atoms with Gasteiger partial charge in [-0.25, -0.2) is 13.2 Å². The van der Waals surface area contributed by atoms with Gasteiger partial charge in [-0.1, -0.05) is 0 Å². The van der Waals surface area contributed by atoms with Gasteiger partial charge >= 0.3 is 10.1 Å². The predicted octanol–water partition coefficient (Wildman–Crippen LogP) is 3.94. The van der Waals surface area contributed by atoms with E-state index in [1.54, 1.807) is 0 Å². The second-order valence-corrected chi connectivity index (χ2v) is 6.60. The Hall–Kier alpha value is -3.06. The van der Waals surface area contributed by atoms with E-state index in [0.29, 0.717) is 0 Å². The third-order valence-electron chi connectivity index (χ3n) is 3.47. The van der Waals surface area contributed by atoms with Gasteiger partial charge in [0.05, 0.1) is 17.0 Å². The van der Waals surface area contributed by atoms with Crippen molar-refractivity contribution in [2.45, 2.75) is 11.8 Å². The van der Waals surface area contributed by atoms with Gasteiger partial charge in [-0.05, 0) is 31.2 Å². The number of benzene rings is 2. The lowest BCUT2D eigenvalue weighted by molar-refractivity contribution is 0.409. The molecule has 1 heterocycles. The highest BCUT2D eigenvalue weighted by Crippen LogP contribution is 2.37. The van der Waals surface area contributed by atoms with Crippen molar-refractivity contribution >= 4 is 21.1 Å². The number of furan rings is 1. The standard InChI is InChI=1S/C16H7F4NO4S/c1-7-16(10-11(17)12(18)13(19)14(20)15(10)24-7)26(22,23)25-9-4-2-8(6-21)3-5-9/h2-5H,1H3. The van der Waals surface area contributed by atoms with E-state index in [1.807, 2.05) is 6.07 Å². The highest BCUT2D eigenvalue weighted by Gasteiger charge is 2.34. The minimum absolute atomic E-state index is 0.227. The SMILES string of the molecule is Cc1oc2c(F)c(F)c(F)c(F)c2c1S(=O)(=O)Oc1ccc(C#N)cc1. The monoisotopic (exact) mass is 385 g/mol. The van der Waals surface area contributed by atoms with Gasteiger partial charge in [0.25, 0.3) is 0 Å². The van der Waals surface area contributed by atoms with Crippen LogP contribution in [0.15, 0.2) is 33.6 Å². The van der Waals surface area contributed by atoms with Crippen LogP contribution >= 0.6 is 0 Å². The van der Waals surface area contributed by atoms with E-state index >= 15 is 0 Å². The molecule has 0 radical (unpaired) electrons. The Morgan fingerprint density at radius 2 is 1.58 bits per heavy atom. The third-order valence-corrected chi connectivity index (χ3v) is 4.87. The number of hydrogen-bond donors (Lipinski definition) is 0. The molecule has 2 aromatic carbocycles. The van der Waals surface area contributed by atoms with Gasteiger partial charge in [0.15, 0.2) is 22.1 Å². The Labute approximate surface area is 144 Å². The Balaban J connectivity index is 2.20. The van der Waals surface area contributed by atoms with Crippen molar-refractivity contribution in [3.63, 3.8) is 0 Å². The van der Waals surface area contributed by atoms with E-state index in [-0.39, 0.29) is 11.3 Å². The first kappa shape index (κ1) is 17.8. The van der Waals surface area contributed by atoms with Gasteiger partial charge in [0.1, 0.15) is 11.5 Å². The Morgan fingerprint density at radius 3 is 2.15 bits per heavy atom. The van der Waals surface area contributed by atoms with Crippen LogP contribution < -0.4 is 4.18 Å². The minimum Gasteiger partial charge on any atom is -0.456 e. The first-order valence-electron chi connectivity index (χ1n) is 6.87. The molecule has 3 aromatic rings. The van der Waals surface area contributed by atoms with Crippen LogP contribution in [-0.2, 0) is 10.1 Å². The van der Waals surface area contributed by atoms with E-state index in [1.165, 1.54) is 12.1 Å². The molecule has 0 fully saturated rings. The van der Waals surface area contributed by atoms with Gasteiger partial charge in [0, 0.05) is 0 Å². The summed E-state index contributed by atoms with van der Waals surface area (Å²) in [4.78, 5) is -0.966. The lowest BCUT2D eigenvalue weighted by Crippen LogP contribution is -2.11. The fourth-order valence-corrected chi connectivity index (χ4v) is 3.61. The molecule has 1 aromatic heterocycles. The second kappa shape index (κ2) is 6.03. The van der Waals surface area contributed by atoms with Crippen molar-refractivity contribution in [3.05, 3.63) is 58.9 Å². The van der Waals surface area contributed by atoms with Crippen LogP contribution in [0.1, 0.15) is 11.3 Å². The smallest absolute Gasteiger partial charge is 0.343 e. The average Bonchev–Trinajstić information content (AvgIpc) is 2.97. The molecule has 0 atom stereocenters. The number of hydrogen-bond acceptors (Lipinski definition) is 5. The fourth-order valence-electron chi connectivity index (χ4n) is 2.34. The fraction of sp³-hybridized carbons (Fsp3) is 0.0625. The zero-order valence-electron chi connectivity index (χ0n) is 12.8. The summed E-state index contributed by atoms with van der Waals surface area (Å²) in [5.41, 5.74) is -0.855. The molecule has 134 valence electrons. The molecule has 0 amide bonds. The van der Waals surface area contributed by atoms with Crippen molar-refractivity contribution < 1.29 is 34.6 Å². The van der Waals surface area contributed by atoms with Crippen LogP contribution in [0, 0.1) is 41.5 Å². The largest absolute Gasteiger partial charge is 0.456 e. The minimum atomic E-state index is -4.79. The maximum absolute atomic E-state index is 14.1. The van der Waals surface area contributed by atoms with E-state index in [4.69, 9.17) is 13.9 Å². The molecule has 0 aliphatic rings. The average molecular weight is 385 g/mol. The van der Waals surface area contributed by atoms with E-state index in [0.717, 1.165) is 19.1 Å². The molecule has 0 saturated carbocycles. The number of halogens is 4. The van der Waals surface area contributed by atoms with Crippen molar-refractivity contribution in [1.29, 1.82) is 5.26 Å². The van der Waals surface area contributed by atoms with Crippen molar-refractivity contribution in [2.24, 2.45) is 0 Å². The third kappa shape index (κ3) is 2.66. The first-order chi connectivity index (χ1) is 12.2. The lowest BCUT2D eigenvalue weighted by Gasteiger charge is -2.07. The molecule has 3 rings (SSSR count). The molecule has 0 aliphatic heterocycles. The van der Waals surface area contributed by atoms with Crippen LogP contribution in [0.2, 0.25) is 0 Å². The summed E-state index contributed by atoms with van der Waals surface area (Å²) in [6.07, 6.45) is 0. The maximum atomic E-state index is 14.1. The molecule has 5 nitrogen and oxygen atoms in total. The summed E-state index contributed by atoms with van der Waals surface area (Å²) in [5, 5.41) is 7.62. The number of nitrogens with zero attached hydrogens (tertiary/aromatic N) is 1. The molecular weight excluding hydrogens is 378 g/mol. The topological polar surface area (TPSA) is 80.3 Å². The van der Waals surface area contributed by atoms with Gasteiger partial charge in [-0.3, -0.25) is 0 Å².